The number of carbonyl (C=O) groups is 3. The Morgan fingerprint density at radius 1 is 1.29 bits per heavy atom. The van der Waals surface area contributed by atoms with Crippen LogP contribution in [0, 0.1) is 11.3 Å². The summed E-state index contributed by atoms with van der Waals surface area (Å²) in [6.45, 7) is 1.85. The summed E-state index contributed by atoms with van der Waals surface area (Å²) in [6.07, 6.45) is 4.31. The van der Waals surface area contributed by atoms with Crippen LogP contribution >= 0.6 is 12.4 Å². The number of amides is 4. The fourth-order valence-electron chi connectivity index (χ4n) is 3.36. The number of hydrogen-bond acceptors (Lipinski definition) is 4. The van der Waals surface area contributed by atoms with Crippen molar-refractivity contribution in [2.45, 2.75) is 32.1 Å². The molecule has 21 heavy (non-hydrogen) atoms. The van der Waals surface area contributed by atoms with Gasteiger partial charge in [-0.05, 0) is 25.3 Å². The molecule has 2 atom stereocenters. The van der Waals surface area contributed by atoms with E-state index in [9.17, 15) is 14.4 Å². The minimum Gasteiger partial charge on any atom is -0.355 e. The average molecular weight is 319 g/mol. The number of hydrogen-bond donors (Lipinski definition) is 4. The van der Waals surface area contributed by atoms with Crippen molar-refractivity contribution in [1.82, 2.24) is 16.0 Å². The lowest BCUT2D eigenvalue weighted by molar-refractivity contribution is -0.134. The maximum atomic E-state index is 12.4. The van der Waals surface area contributed by atoms with Crippen LogP contribution < -0.4 is 21.7 Å². The fraction of sp³-hybridized carbons (Fsp3) is 0.769. The number of primary amides is 1. The zero-order chi connectivity index (χ0) is 14.6. The predicted molar refractivity (Wildman–Crippen MR) is 79.9 cm³/mol. The maximum absolute atomic E-state index is 12.4. The van der Waals surface area contributed by atoms with E-state index >= 15 is 0 Å². The summed E-state index contributed by atoms with van der Waals surface area (Å²) >= 11 is 0. The first-order chi connectivity index (χ1) is 9.54. The minimum absolute atomic E-state index is 0. The van der Waals surface area contributed by atoms with Gasteiger partial charge in [0.25, 0.3) is 0 Å². The van der Waals surface area contributed by atoms with Crippen LogP contribution in [0.5, 0.6) is 0 Å². The second-order valence-electron chi connectivity index (χ2n) is 5.65. The summed E-state index contributed by atoms with van der Waals surface area (Å²) in [5, 5.41) is 8.11. The maximum Gasteiger partial charge on any atom is 0.318 e. The Morgan fingerprint density at radius 2 is 2.05 bits per heavy atom. The van der Waals surface area contributed by atoms with E-state index < -0.39 is 11.9 Å². The molecule has 4 amide bonds. The molecule has 7 nitrogen and oxygen atoms in total. The topological polar surface area (TPSA) is 113 Å². The molecule has 1 saturated carbocycles. The van der Waals surface area contributed by atoms with Crippen LogP contribution in [0.3, 0.4) is 0 Å². The van der Waals surface area contributed by atoms with Crippen molar-refractivity contribution in [3.63, 3.8) is 0 Å². The van der Waals surface area contributed by atoms with Gasteiger partial charge in [0.2, 0.25) is 11.8 Å². The zero-order valence-electron chi connectivity index (χ0n) is 11.9. The number of carbonyl (C=O) groups excluding carboxylic acids is 3. The van der Waals surface area contributed by atoms with Crippen molar-refractivity contribution < 1.29 is 14.4 Å². The van der Waals surface area contributed by atoms with E-state index in [1.807, 2.05) is 5.32 Å². The summed E-state index contributed by atoms with van der Waals surface area (Å²) in [5.74, 6) is -0.0465. The molecule has 1 aliphatic carbocycles. The Morgan fingerprint density at radius 3 is 2.76 bits per heavy atom. The standard InChI is InChI=1S/C13H22N4O3.ClH/c14-12(20)17-10(18)4-6-16-11(19)13-5-2-1-3-9(13)7-15-8-13;/h9,15H,1-8H2,(H,16,19)(H3,14,17,18,20);1H/t9-,13+;/m0./s1. The highest BCUT2D eigenvalue weighted by Crippen LogP contribution is 2.43. The quantitative estimate of drug-likeness (QED) is 0.579. The molecule has 0 aromatic carbocycles. The molecule has 2 rings (SSSR count). The Kier molecular flexibility index (Phi) is 6.42. The lowest BCUT2D eigenvalue weighted by atomic mass is 9.67. The molecule has 8 heteroatoms. The zero-order valence-corrected chi connectivity index (χ0v) is 12.8. The number of imide groups is 1. The molecular formula is C13H23ClN4O3. The number of fused-ring (bicyclic) bond motifs is 1. The van der Waals surface area contributed by atoms with Gasteiger partial charge in [-0.1, -0.05) is 12.8 Å². The predicted octanol–water partition coefficient (Wildman–Crippen LogP) is -0.111. The van der Waals surface area contributed by atoms with Crippen LogP contribution in [0.15, 0.2) is 0 Å². The van der Waals surface area contributed by atoms with Crippen molar-refractivity contribution in [3.8, 4) is 0 Å². The van der Waals surface area contributed by atoms with Crippen LogP contribution in [0.2, 0.25) is 0 Å². The van der Waals surface area contributed by atoms with Gasteiger partial charge in [-0.3, -0.25) is 14.9 Å². The fourth-order valence-corrected chi connectivity index (χ4v) is 3.36. The molecule has 1 heterocycles. The first kappa shape index (κ1) is 17.7. The van der Waals surface area contributed by atoms with Crippen LogP contribution in [0.1, 0.15) is 32.1 Å². The van der Waals surface area contributed by atoms with Crippen molar-refractivity contribution in [2.75, 3.05) is 19.6 Å². The van der Waals surface area contributed by atoms with Gasteiger partial charge in [-0.15, -0.1) is 12.4 Å². The normalized spacial score (nSPS) is 27.1. The Labute approximate surface area is 130 Å². The highest BCUT2D eigenvalue weighted by molar-refractivity contribution is 5.93. The molecule has 1 aliphatic heterocycles. The van der Waals surface area contributed by atoms with Gasteiger partial charge < -0.3 is 16.4 Å². The highest BCUT2D eigenvalue weighted by atomic mass is 35.5. The third-order valence-corrected chi connectivity index (χ3v) is 4.39. The van der Waals surface area contributed by atoms with Gasteiger partial charge in [0.15, 0.2) is 0 Å². The van der Waals surface area contributed by atoms with Crippen molar-refractivity contribution >= 4 is 30.3 Å². The van der Waals surface area contributed by atoms with Crippen LogP contribution in [-0.4, -0.2) is 37.5 Å². The number of nitrogens with one attached hydrogen (secondary N) is 3. The van der Waals surface area contributed by atoms with E-state index in [1.54, 1.807) is 0 Å². The van der Waals surface area contributed by atoms with Crippen molar-refractivity contribution in [3.05, 3.63) is 0 Å². The van der Waals surface area contributed by atoms with Gasteiger partial charge in [-0.2, -0.15) is 0 Å². The highest BCUT2D eigenvalue weighted by Gasteiger charge is 2.49. The molecule has 0 aromatic rings. The molecule has 120 valence electrons. The molecule has 5 N–H and O–H groups in total. The SMILES string of the molecule is Cl.NC(=O)NC(=O)CCNC(=O)[C@@]12CCCC[C@H]1CNC2. The molecule has 0 bridgehead atoms. The molecule has 2 aliphatic rings. The Balaban J connectivity index is 0.00000220. The molecule has 1 saturated heterocycles. The van der Waals surface area contributed by atoms with E-state index in [-0.39, 0.29) is 36.7 Å². The second kappa shape index (κ2) is 7.61. The summed E-state index contributed by atoms with van der Waals surface area (Å²) in [7, 11) is 0. The van der Waals surface area contributed by atoms with E-state index in [4.69, 9.17) is 5.73 Å². The number of nitrogens with two attached hydrogens (primary N) is 1. The number of halogens is 1. The molecular weight excluding hydrogens is 296 g/mol. The van der Waals surface area contributed by atoms with Gasteiger partial charge in [0.05, 0.1) is 5.41 Å². The van der Waals surface area contributed by atoms with E-state index in [0.29, 0.717) is 5.92 Å². The number of rotatable bonds is 4. The number of urea groups is 1. The smallest absolute Gasteiger partial charge is 0.318 e. The summed E-state index contributed by atoms with van der Waals surface area (Å²) in [4.78, 5) is 34.2. The van der Waals surface area contributed by atoms with Gasteiger partial charge in [0.1, 0.15) is 0 Å². The summed E-state index contributed by atoms with van der Waals surface area (Å²) < 4.78 is 0. The Hall–Kier alpha value is -1.34. The average Bonchev–Trinajstić information content (AvgIpc) is 2.82. The van der Waals surface area contributed by atoms with Crippen molar-refractivity contribution in [2.24, 2.45) is 17.1 Å². The third kappa shape index (κ3) is 4.07. The van der Waals surface area contributed by atoms with Gasteiger partial charge in [0, 0.05) is 19.5 Å². The molecule has 0 spiro atoms. The first-order valence-corrected chi connectivity index (χ1v) is 7.13. The van der Waals surface area contributed by atoms with Gasteiger partial charge in [-0.25, -0.2) is 4.79 Å². The van der Waals surface area contributed by atoms with E-state index in [0.717, 1.165) is 32.4 Å². The third-order valence-electron chi connectivity index (χ3n) is 4.39. The summed E-state index contributed by atoms with van der Waals surface area (Å²) in [6, 6.07) is -0.868. The van der Waals surface area contributed by atoms with Gasteiger partial charge >= 0.3 is 6.03 Å². The molecule has 2 fully saturated rings. The molecule has 0 unspecified atom stereocenters. The van der Waals surface area contributed by atoms with E-state index in [1.165, 1.54) is 6.42 Å². The monoisotopic (exact) mass is 318 g/mol. The first-order valence-electron chi connectivity index (χ1n) is 7.13. The van der Waals surface area contributed by atoms with Crippen molar-refractivity contribution in [1.29, 1.82) is 0 Å². The van der Waals surface area contributed by atoms with E-state index in [2.05, 4.69) is 10.6 Å². The molecule has 0 radical (unpaired) electrons. The Bertz CT molecular complexity index is 418. The van der Waals surface area contributed by atoms with Crippen LogP contribution in [0.25, 0.3) is 0 Å². The second-order valence-corrected chi connectivity index (χ2v) is 5.65. The minimum atomic E-state index is -0.868. The largest absolute Gasteiger partial charge is 0.355 e. The molecule has 0 aromatic heterocycles. The lowest BCUT2D eigenvalue weighted by Crippen LogP contribution is -2.48. The van der Waals surface area contributed by atoms with Crippen LogP contribution in [-0.2, 0) is 9.59 Å². The summed E-state index contributed by atoms with van der Waals surface area (Å²) in [5.41, 5.74) is 4.54. The van der Waals surface area contributed by atoms with Crippen LogP contribution in [0.4, 0.5) is 4.79 Å². The lowest BCUT2D eigenvalue weighted by Gasteiger charge is -2.37.